The topological polar surface area (TPSA) is 65.3 Å². The Balaban J connectivity index is 1.85. The normalized spacial score (nSPS) is 31.2. The number of likely N-dealkylation sites (tertiary alicyclic amines) is 2. The van der Waals surface area contributed by atoms with E-state index >= 15 is 0 Å². The van der Waals surface area contributed by atoms with Crippen LogP contribution >= 0.6 is 0 Å². The summed E-state index contributed by atoms with van der Waals surface area (Å²) in [6.07, 6.45) is -1.97. The number of nitrogens with zero attached hydrogens (tertiary/aromatic N) is 4. The first kappa shape index (κ1) is 15.9. The Kier molecular flexibility index (Phi) is 3.89. The fraction of sp³-hybridized carbons (Fsp3) is 0.714. The molecule has 126 valence electrons. The molecule has 0 saturated carbocycles. The Morgan fingerprint density at radius 2 is 2.09 bits per heavy atom. The summed E-state index contributed by atoms with van der Waals surface area (Å²) >= 11 is 0. The van der Waals surface area contributed by atoms with Crippen molar-refractivity contribution >= 4 is 11.8 Å². The predicted octanol–water partition coefficient (Wildman–Crippen LogP) is 1.94. The van der Waals surface area contributed by atoms with Crippen molar-refractivity contribution in [2.75, 3.05) is 19.6 Å². The van der Waals surface area contributed by atoms with Crippen molar-refractivity contribution in [1.29, 1.82) is 0 Å². The maximum atomic E-state index is 13.2. The maximum Gasteiger partial charge on any atom is 0.406 e. The molecular formula is C14H17F3N4O2. The van der Waals surface area contributed by atoms with E-state index in [1.54, 1.807) is 9.80 Å². The quantitative estimate of drug-likeness (QED) is 0.738. The van der Waals surface area contributed by atoms with E-state index < -0.39 is 18.0 Å². The van der Waals surface area contributed by atoms with E-state index in [4.69, 9.17) is 0 Å². The SMILES string of the molecule is CC(=O)N1CCC[C@H]2CN(C3=CN=NC(=O)C3C(F)(F)F)C[C@H]21. The lowest BCUT2D eigenvalue weighted by molar-refractivity contribution is -0.177. The van der Waals surface area contributed by atoms with Crippen LogP contribution in [0.25, 0.3) is 0 Å². The van der Waals surface area contributed by atoms with E-state index in [-0.39, 0.29) is 23.6 Å². The molecule has 0 N–H and O–H groups in total. The van der Waals surface area contributed by atoms with Gasteiger partial charge in [0.1, 0.15) is 0 Å². The number of rotatable bonds is 1. The van der Waals surface area contributed by atoms with Gasteiger partial charge < -0.3 is 9.80 Å². The van der Waals surface area contributed by atoms with Gasteiger partial charge >= 0.3 is 6.18 Å². The molecule has 2 saturated heterocycles. The zero-order chi connectivity index (χ0) is 16.8. The highest BCUT2D eigenvalue weighted by molar-refractivity contribution is 5.83. The van der Waals surface area contributed by atoms with Gasteiger partial charge in [-0.1, -0.05) is 0 Å². The van der Waals surface area contributed by atoms with Gasteiger partial charge in [0, 0.05) is 26.6 Å². The average molecular weight is 330 g/mol. The van der Waals surface area contributed by atoms with Crippen LogP contribution in [0.4, 0.5) is 13.2 Å². The molecule has 6 nitrogen and oxygen atoms in total. The summed E-state index contributed by atoms with van der Waals surface area (Å²) in [6, 6.07) is -0.106. The molecule has 3 aliphatic heterocycles. The van der Waals surface area contributed by atoms with Crippen LogP contribution in [-0.2, 0) is 9.59 Å². The van der Waals surface area contributed by atoms with Crippen molar-refractivity contribution in [2.24, 2.45) is 22.1 Å². The molecule has 3 aliphatic rings. The Hall–Kier alpha value is -1.93. The van der Waals surface area contributed by atoms with Crippen LogP contribution in [0.2, 0.25) is 0 Å². The molecule has 1 unspecified atom stereocenters. The summed E-state index contributed by atoms with van der Waals surface area (Å²) in [6.45, 7) is 2.80. The highest BCUT2D eigenvalue weighted by atomic mass is 19.4. The smallest absolute Gasteiger partial charge is 0.370 e. The van der Waals surface area contributed by atoms with Crippen LogP contribution in [0.5, 0.6) is 0 Å². The van der Waals surface area contributed by atoms with Gasteiger partial charge in [0.15, 0.2) is 5.92 Å². The second-order valence-corrected chi connectivity index (χ2v) is 6.17. The Morgan fingerprint density at radius 1 is 1.35 bits per heavy atom. The summed E-state index contributed by atoms with van der Waals surface area (Å²) in [7, 11) is 0. The number of hydrogen-bond donors (Lipinski definition) is 0. The summed E-state index contributed by atoms with van der Waals surface area (Å²) in [4.78, 5) is 26.6. The van der Waals surface area contributed by atoms with Crippen LogP contribution < -0.4 is 0 Å². The molecule has 23 heavy (non-hydrogen) atoms. The van der Waals surface area contributed by atoms with Crippen LogP contribution in [0, 0.1) is 11.8 Å². The van der Waals surface area contributed by atoms with Crippen LogP contribution in [0.1, 0.15) is 19.8 Å². The highest BCUT2D eigenvalue weighted by Crippen LogP contribution is 2.40. The van der Waals surface area contributed by atoms with Crippen molar-refractivity contribution in [2.45, 2.75) is 32.0 Å². The van der Waals surface area contributed by atoms with Gasteiger partial charge in [0.2, 0.25) is 5.91 Å². The molecule has 2 amide bonds. The lowest BCUT2D eigenvalue weighted by atomic mass is 9.92. The third-order valence-electron chi connectivity index (χ3n) is 4.77. The molecule has 0 spiro atoms. The number of alkyl halides is 3. The molecule has 2 fully saturated rings. The summed E-state index contributed by atoms with van der Waals surface area (Å²) in [5.41, 5.74) is -0.157. The standard InChI is InChI=1S/C14H17F3N4O2/c1-8(22)21-4-2-3-9-6-20(7-11(9)21)10-5-18-19-13(23)12(10)14(15,16)17/h5,9,11-12H,2-4,6-7H2,1H3/t9-,11+,12?/m0/s1. The van der Waals surface area contributed by atoms with E-state index in [1.807, 2.05) is 0 Å². The van der Waals surface area contributed by atoms with Crippen LogP contribution in [0.3, 0.4) is 0 Å². The Labute approximate surface area is 131 Å². The molecule has 3 rings (SSSR count). The fourth-order valence-corrected chi connectivity index (χ4v) is 3.76. The third-order valence-corrected chi connectivity index (χ3v) is 4.77. The molecule has 0 aliphatic carbocycles. The van der Waals surface area contributed by atoms with Gasteiger partial charge in [0.25, 0.3) is 5.91 Å². The van der Waals surface area contributed by atoms with E-state index in [0.29, 0.717) is 19.6 Å². The van der Waals surface area contributed by atoms with Crippen LogP contribution in [0.15, 0.2) is 22.1 Å². The van der Waals surface area contributed by atoms with Gasteiger partial charge in [-0.15, -0.1) is 5.11 Å². The van der Waals surface area contributed by atoms with Crippen molar-refractivity contribution in [3.8, 4) is 0 Å². The number of amides is 2. The lowest BCUT2D eigenvalue weighted by Gasteiger charge is -2.36. The van der Waals surface area contributed by atoms with Crippen molar-refractivity contribution < 1.29 is 22.8 Å². The number of carbonyl (C=O) groups is 2. The van der Waals surface area contributed by atoms with E-state index in [9.17, 15) is 22.8 Å². The fourth-order valence-electron chi connectivity index (χ4n) is 3.76. The maximum absolute atomic E-state index is 13.2. The van der Waals surface area contributed by atoms with Gasteiger partial charge in [-0.2, -0.15) is 18.3 Å². The van der Waals surface area contributed by atoms with Gasteiger partial charge in [-0.3, -0.25) is 9.59 Å². The van der Waals surface area contributed by atoms with Crippen molar-refractivity contribution in [3.63, 3.8) is 0 Å². The summed E-state index contributed by atoms with van der Waals surface area (Å²) in [5, 5.41) is 6.44. The van der Waals surface area contributed by atoms with Crippen molar-refractivity contribution in [3.05, 3.63) is 11.9 Å². The van der Waals surface area contributed by atoms with Crippen LogP contribution in [-0.4, -0.2) is 53.5 Å². The van der Waals surface area contributed by atoms with Gasteiger partial charge in [-0.25, -0.2) is 0 Å². The minimum absolute atomic E-state index is 0.0673. The number of halogens is 3. The van der Waals surface area contributed by atoms with Gasteiger partial charge in [-0.05, 0) is 18.8 Å². The predicted molar refractivity (Wildman–Crippen MR) is 73.0 cm³/mol. The number of piperidine rings is 1. The minimum Gasteiger partial charge on any atom is -0.370 e. The zero-order valence-electron chi connectivity index (χ0n) is 12.6. The summed E-state index contributed by atoms with van der Waals surface area (Å²) < 4.78 is 39.6. The van der Waals surface area contributed by atoms with E-state index in [0.717, 1.165) is 19.0 Å². The first-order chi connectivity index (χ1) is 10.8. The Morgan fingerprint density at radius 3 is 2.74 bits per heavy atom. The number of carbonyl (C=O) groups excluding carboxylic acids is 2. The lowest BCUT2D eigenvalue weighted by Crippen LogP contribution is -2.47. The molecule has 3 heterocycles. The number of azo groups is 1. The number of fused-ring (bicyclic) bond motifs is 1. The molecule has 0 aromatic heterocycles. The third kappa shape index (κ3) is 2.84. The zero-order valence-corrected chi connectivity index (χ0v) is 12.6. The molecule has 0 radical (unpaired) electrons. The molecule has 3 atom stereocenters. The minimum atomic E-state index is -4.70. The monoisotopic (exact) mass is 330 g/mol. The molecule has 0 aromatic carbocycles. The molecule has 0 aromatic rings. The largest absolute Gasteiger partial charge is 0.406 e. The number of hydrogen-bond acceptors (Lipinski definition) is 4. The first-order valence-corrected chi connectivity index (χ1v) is 7.52. The van der Waals surface area contributed by atoms with E-state index in [2.05, 4.69) is 10.2 Å². The second-order valence-electron chi connectivity index (χ2n) is 6.17. The second kappa shape index (κ2) is 5.61. The molecule has 0 bridgehead atoms. The van der Waals surface area contributed by atoms with Crippen molar-refractivity contribution in [1.82, 2.24) is 9.80 Å². The first-order valence-electron chi connectivity index (χ1n) is 7.52. The molecule has 9 heteroatoms. The molecular weight excluding hydrogens is 313 g/mol. The average Bonchev–Trinajstić information content (AvgIpc) is 2.88. The Bertz CT molecular complexity index is 587. The summed E-state index contributed by atoms with van der Waals surface area (Å²) in [5.74, 6) is -3.49. The van der Waals surface area contributed by atoms with E-state index in [1.165, 1.54) is 6.92 Å². The van der Waals surface area contributed by atoms with Gasteiger partial charge in [0.05, 0.1) is 17.9 Å². The highest BCUT2D eigenvalue weighted by Gasteiger charge is 2.52.